The number of nitrogens with one attached hydrogen (secondary N) is 2. The second kappa shape index (κ2) is 8.14. The Kier molecular flexibility index (Phi) is 5.88. The average Bonchev–Trinajstić information content (AvgIpc) is 3.06. The summed E-state index contributed by atoms with van der Waals surface area (Å²) in [6, 6.07) is 8.09. The lowest BCUT2D eigenvalue weighted by molar-refractivity contribution is 0.0678. The van der Waals surface area contributed by atoms with Crippen molar-refractivity contribution in [1.82, 2.24) is 15.5 Å². The number of aromatic nitrogens is 2. The maximum absolute atomic E-state index is 12.2. The molecule has 6 nitrogen and oxygen atoms in total. The van der Waals surface area contributed by atoms with Crippen LogP contribution in [0.2, 0.25) is 0 Å². The van der Waals surface area contributed by atoms with Crippen molar-refractivity contribution in [2.75, 3.05) is 5.32 Å². The molecule has 1 aromatic carbocycles. The van der Waals surface area contributed by atoms with Gasteiger partial charge < -0.3 is 10.4 Å². The molecule has 1 aromatic heterocycles. The maximum atomic E-state index is 12.2. The van der Waals surface area contributed by atoms with E-state index in [9.17, 15) is 9.90 Å². The van der Waals surface area contributed by atoms with Gasteiger partial charge in [0.2, 0.25) is 5.13 Å². The molecule has 1 aliphatic rings. The van der Waals surface area contributed by atoms with Crippen LogP contribution in [0.3, 0.4) is 0 Å². The van der Waals surface area contributed by atoms with Crippen LogP contribution in [-0.4, -0.2) is 33.5 Å². The summed E-state index contributed by atoms with van der Waals surface area (Å²) < 4.78 is 0. The third kappa shape index (κ3) is 4.59. The van der Waals surface area contributed by atoms with Crippen molar-refractivity contribution in [1.29, 1.82) is 0 Å². The van der Waals surface area contributed by atoms with E-state index in [4.69, 9.17) is 0 Å². The van der Waals surface area contributed by atoms with Crippen molar-refractivity contribution in [3.63, 3.8) is 0 Å². The molecule has 0 bridgehead atoms. The quantitative estimate of drug-likeness (QED) is 0.755. The number of hydrogen-bond donors (Lipinski definition) is 3. The Morgan fingerprint density at radius 3 is 2.62 bits per heavy atom. The van der Waals surface area contributed by atoms with Gasteiger partial charge in [0, 0.05) is 11.6 Å². The zero-order valence-corrected chi connectivity index (χ0v) is 16.2. The summed E-state index contributed by atoms with van der Waals surface area (Å²) in [5.41, 5.74) is 2.28. The highest BCUT2D eigenvalue weighted by molar-refractivity contribution is 7.18. The average molecular weight is 375 g/mol. The van der Waals surface area contributed by atoms with Crippen molar-refractivity contribution >= 4 is 22.5 Å². The van der Waals surface area contributed by atoms with Crippen LogP contribution in [0.1, 0.15) is 51.5 Å². The fourth-order valence-corrected chi connectivity index (χ4v) is 3.97. The molecule has 140 valence electrons. The molecule has 1 saturated carbocycles. The van der Waals surface area contributed by atoms with Gasteiger partial charge >= 0.3 is 6.03 Å². The molecule has 0 aliphatic heterocycles. The normalized spacial score (nSPS) is 23.0. The van der Waals surface area contributed by atoms with Gasteiger partial charge in [-0.1, -0.05) is 56.4 Å². The minimum absolute atomic E-state index is 0.0874. The largest absolute Gasteiger partial charge is 0.393 e. The number of hydrogen-bond acceptors (Lipinski definition) is 5. The smallest absolute Gasteiger partial charge is 0.321 e. The highest BCUT2D eigenvalue weighted by atomic mass is 32.1. The fraction of sp³-hybridized carbons (Fsp3) is 0.526. The summed E-state index contributed by atoms with van der Waals surface area (Å²) in [4.78, 5) is 12.2. The maximum Gasteiger partial charge on any atom is 0.321 e. The highest BCUT2D eigenvalue weighted by Gasteiger charge is 2.27. The molecule has 0 saturated heterocycles. The molecule has 0 spiro atoms. The van der Waals surface area contributed by atoms with E-state index in [2.05, 4.69) is 46.8 Å². The third-order valence-electron chi connectivity index (χ3n) is 4.93. The topological polar surface area (TPSA) is 87.1 Å². The minimum atomic E-state index is -0.267. The van der Waals surface area contributed by atoms with Gasteiger partial charge in [-0.25, -0.2) is 4.79 Å². The molecule has 1 aliphatic carbocycles. The SMILES string of the molecule is CC(C)c1ccc(-c2nnc(NC(=O)NC3CCC(O)C(C)C3)s2)cc1. The van der Waals surface area contributed by atoms with Gasteiger partial charge in [0.1, 0.15) is 5.01 Å². The zero-order valence-electron chi connectivity index (χ0n) is 15.4. The van der Waals surface area contributed by atoms with Crippen molar-refractivity contribution in [3.8, 4) is 10.6 Å². The number of aliphatic hydroxyl groups is 1. The lowest BCUT2D eigenvalue weighted by atomic mass is 9.85. The molecule has 1 heterocycles. The van der Waals surface area contributed by atoms with Crippen LogP contribution in [0, 0.1) is 5.92 Å². The van der Waals surface area contributed by atoms with Gasteiger partial charge in [0.15, 0.2) is 0 Å². The number of amides is 2. The lowest BCUT2D eigenvalue weighted by Gasteiger charge is -2.31. The summed E-state index contributed by atoms with van der Waals surface area (Å²) in [5.74, 6) is 0.694. The first-order valence-electron chi connectivity index (χ1n) is 9.11. The Balaban J connectivity index is 1.57. The minimum Gasteiger partial charge on any atom is -0.393 e. The molecule has 3 atom stereocenters. The Labute approximate surface area is 158 Å². The number of urea groups is 1. The van der Waals surface area contributed by atoms with Gasteiger partial charge in [0.25, 0.3) is 0 Å². The van der Waals surface area contributed by atoms with Crippen molar-refractivity contribution in [2.24, 2.45) is 5.92 Å². The van der Waals surface area contributed by atoms with Crippen molar-refractivity contribution in [2.45, 2.75) is 58.1 Å². The molecule has 3 unspecified atom stereocenters. The third-order valence-corrected chi connectivity index (χ3v) is 5.82. The van der Waals surface area contributed by atoms with E-state index >= 15 is 0 Å². The number of carbonyl (C=O) groups excluding carboxylic acids is 1. The molecular weight excluding hydrogens is 348 g/mol. The van der Waals surface area contributed by atoms with Crippen LogP contribution in [0.5, 0.6) is 0 Å². The molecule has 3 N–H and O–H groups in total. The standard InChI is InChI=1S/C19H26N4O2S/c1-11(2)13-4-6-14(7-5-13)17-22-23-19(26-17)21-18(25)20-15-8-9-16(24)12(3)10-15/h4-7,11-12,15-16,24H,8-10H2,1-3H3,(H2,20,21,23,25). The molecule has 0 radical (unpaired) electrons. The Hall–Kier alpha value is -1.99. The van der Waals surface area contributed by atoms with Crippen molar-refractivity contribution < 1.29 is 9.90 Å². The van der Waals surface area contributed by atoms with Gasteiger partial charge in [-0.05, 0) is 36.7 Å². The summed E-state index contributed by atoms with van der Waals surface area (Å²) >= 11 is 1.36. The van der Waals surface area contributed by atoms with Crippen LogP contribution in [0.4, 0.5) is 9.93 Å². The van der Waals surface area contributed by atoms with E-state index in [-0.39, 0.29) is 24.1 Å². The molecule has 2 aromatic rings. The Bertz CT molecular complexity index is 744. The number of benzene rings is 1. The fourth-order valence-electron chi connectivity index (χ4n) is 3.23. The van der Waals surface area contributed by atoms with Gasteiger partial charge in [-0.2, -0.15) is 0 Å². The lowest BCUT2D eigenvalue weighted by Crippen LogP contribution is -2.43. The predicted octanol–water partition coefficient (Wildman–Crippen LogP) is 4.00. The van der Waals surface area contributed by atoms with E-state index in [0.29, 0.717) is 11.0 Å². The second-order valence-corrected chi connectivity index (χ2v) is 8.32. The van der Waals surface area contributed by atoms with E-state index in [1.165, 1.54) is 16.9 Å². The number of carbonyl (C=O) groups is 1. The summed E-state index contributed by atoms with van der Waals surface area (Å²) in [6.07, 6.45) is 2.05. The summed E-state index contributed by atoms with van der Waals surface area (Å²) in [6.45, 7) is 6.33. The second-order valence-electron chi connectivity index (χ2n) is 7.34. The Morgan fingerprint density at radius 1 is 1.23 bits per heavy atom. The van der Waals surface area contributed by atoms with Crippen LogP contribution < -0.4 is 10.6 Å². The molecule has 1 fully saturated rings. The van der Waals surface area contributed by atoms with Crippen molar-refractivity contribution in [3.05, 3.63) is 29.8 Å². The van der Waals surface area contributed by atoms with E-state index in [1.807, 2.05) is 19.1 Å². The molecule has 26 heavy (non-hydrogen) atoms. The van der Waals surface area contributed by atoms with Crippen LogP contribution in [0.25, 0.3) is 10.6 Å². The van der Waals surface area contributed by atoms with E-state index in [0.717, 1.165) is 29.8 Å². The molecule has 2 amide bonds. The molecule has 3 rings (SSSR count). The Morgan fingerprint density at radius 2 is 1.96 bits per heavy atom. The van der Waals surface area contributed by atoms with Crippen LogP contribution in [0.15, 0.2) is 24.3 Å². The number of nitrogens with zero attached hydrogens (tertiary/aromatic N) is 2. The van der Waals surface area contributed by atoms with Gasteiger partial charge in [0.05, 0.1) is 6.10 Å². The first-order chi connectivity index (χ1) is 12.4. The number of aliphatic hydroxyl groups excluding tert-OH is 1. The summed E-state index contributed by atoms with van der Waals surface area (Å²) in [5, 5.41) is 25.0. The highest BCUT2D eigenvalue weighted by Crippen LogP contribution is 2.28. The van der Waals surface area contributed by atoms with E-state index < -0.39 is 0 Å². The van der Waals surface area contributed by atoms with Gasteiger partial charge in [-0.3, -0.25) is 5.32 Å². The number of anilines is 1. The van der Waals surface area contributed by atoms with Crippen LogP contribution in [-0.2, 0) is 0 Å². The van der Waals surface area contributed by atoms with Crippen LogP contribution >= 0.6 is 11.3 Å². The first kappa shape index (κ1) is 18.8. The number of rotatable bonds is 4. The first-order valence-corrected chi connectivity index (χ1v) is 9.93. The summed E-state index contributed by atoms with van der Waals surface area (Å²) in [7, 11) is 0. The monoisotopic (exact) mass is 374 g/mol. The van der Waals surface area contributed by atoms with Gasteiger partial charge in [-0.15, -0.1) is 10.2 Å². The zero-order chi connectivity index (χ0) is 18.7. The molecular formula is C19H26N4O2S. The predicted molar refractivity (Wildman–Crippen MR) is 104 cm³/mol. The molecule has 7 heteroatoms. The van der Waals surface area contributed by atoms with E-state index in [1.54, 1.807) is 0 Å².